The molecule has 0 atom stereocenters. The molecule has 2 aromatic heterocycles. The van der Waals surface area contributed by atoms with Crippen LogP contribution < -0.4 is 16.4 Å². The normalized spacial score (nSPS) is 10.8. The van der Waals surface area contributed by atoms with E-state index in [0.29, 0.717) is 16.5 Å². The largest absolute Gasteiger partial charge is 0.360 e. The maximum absolute atomic E-state index is 12.5. The molecule has 4 N–H and O–H groups in total. The zero-order valence-electron chi connectivity index (χ0n) is 13.5. The Morgan fingerprint density at radius 2 is 1.35 bits per heavy atom. The minimum Gasteiger partial charge on any atom is -0.360 e. The molecule has 0 unspecified atom stereocenters. The smallest absolute Gasteiger partial charge is 0.271 e. The molecule has 2 aromatic carbocycles. The maximum atomic E-state index is 12.5. The molecule has 0 saturated carbocycles. The fourth-order valence-corrected chi connectivity index (χ4v) is 2.90. The highest BCUT2D eigenvalue weighted by atomic mass is 16.2. The second-order valence-corrected chi connectivity index (χ2v) is 5.75. The number of para-hydroxylation sites is 2. The van der Waals surface area contributed by atoms with Gasteiger partial charge in [-0.1, -0.05) is 36.4 Å². The van der Waals surface area contributed by atoms with Gasteiger partial charge in [-0.25, -0.2) is 0 Å². The lowest BCUT2D eigenvalue weighted by Gasteiger charge is -2.09. The number of fused-ring (bicyclic) bond motifs is 2. The van der Waals surface area contributed by atoms with Crippen LogP contribution in [0, 0.1) is 0 Å². The highest BCUT2D eigenvalue weighted by Crippen LogP contribution is 2.17. The van der Waals surface area contributed by atoms with Crippen molar-refractivity contribution in [1.82, 2.24) is 20.8 Å². The first kappa shape index (κ1) is 15.6. The van der Waals surface area contributed by atoms with Crippen molar-refractivity contribution < 1.29 is 9.59 Å². The van der Waals surface area contributed by atoms with Crippen molar-refractivity contribution >= 4 is 33.6 Å². The summed E-state index contributed by atoms with van der Waals surface area (Å²) in [5.74, 6) is -1.02. The van der Waals surface area contributed by atoms with E-state index in [1.807, 2.05) is 24.3 Å². The fourth-order valence-electron chi connectivity index (χ4n) is 2.90. The van der Waals surface area contributed by atoms with Crippen LogP contribution in [0.5, 0.6) is 0 Å². The van der Waals surface area contributed by atoms with E-state index in [0.717, 1.165) is 10.9 Å². The van der Waals surface area contributed by atoms with Crippen molar-refractivity contribution in [3.8, 4) is 0 Å². The van der Waals surface area contributed by atoms with Gasteiger partial charge in [-0.3, -0.25) is 25.2 Å². The van der Waals surface area contributed by atoms with Crippen LogP contribution in [0.15, 0.2) is 65.6 Å². The molecule has 7 nitrogen and oxygen atoms in total. The Hall–Kier alpha value is -3.87. The first-order chi connectivity index (χ1) is 12.6. The number of hydrogen-bond donors (Lipinski definition) is 4. The van der Waals surface area contributed by atoms with Crippen molar-refractivity contribution in [1.29, 1.82) is 0 Å². The van der Waals surface area contributed by atoms with Gasteiger partial charge in [0.25, 0.3) is 11.8 Å². The number of hydrazine groups is 1. The SMILES string of the molecule is O=C(NNC(=O)c1cc(=O)[nH]c2ccccc12)c1c[nH]c2ccccc12. The summed E-state index contributed by atoms with van der Waals surface area (Å²) < 4.78 is 0. The molecule has 0 saturated heterocycles. The lowest BCUT2D eigenvalue weighted by molar-refractivity contribution is 0.0848. The van der Waals surface area contributed by atoms with Gasteiger partial charge in [0.05, 0.1) is 11.1 Å². The summed E-state index contributed by atoms with van der Waals surface area (Å²) in [5, 5.41) is 1.34. The Kier molecular flexibility index (Phi) is 3.74. The summed E-state index contributed by atoms with van der Waals surface area (Å²) in [6, 6.07) is 15.5. The average molecular weight is 346 g/mol. The van der Waals surface area contributed by atoms with Crippen molar-refractivity contribution in [2.45, 2.75) is 0 Å². The third kappa shape index (κ3) is 2.71. The Morgan fingerprint density at radius 3 is 2.08 bits per heavy atom. The maximum Gasteiger partial charge on any atom is 0.271 e. The van der Waals surface area contributed by atoms with Crippen LogP contribution in [0.25, 0.3) is 21.8 Å². The van der Waals surface area contributed by atoms with E-state index in [4.69, 9.17) is 0 Å². The second-order valence-electron chi connectivity index (χ2n) is 5.75. The van der Waals surface area contributed by atoms with Crippen LogP contribution in [-0.4, -0.2) is 21.8 Å². The topological polar surface area (TPSA) is 107 Å². The van der Waals surface area contributed by atoms with Gasteiger partial charge in [-0.05, 0) is 12.1 Å². The van der Waals surface area contributed by atoms with Crippen LogP contribution in [0.3, 0.4) is 0 Å². The zero-order chi connectivity index (χ0) is 18.1. The van der Waals surface area contributed by atoms with Crippen molar-refractivity contribution in [3.05, 3.63) is 82.3 Å². The zero-order valence-corrected chi connectivity index (χ0v) is 13.5. The summed E-state index contributed by atoms with van der Waals surface area (Å²) in [4.78, 5) is 42.3. The van der Waals surface area contributed by atoms with Crippen LogP contribution in [-0.2, 0) is 0 Å². The Labute approximate surface area is 147 Å². The van der Waals surface area contributed by atoms with Gasteiger partial charge in [0.15, 0.2) is 0 Å². The number of nitrogens with one attached hydrogen (secondary N) is 4. The third-order valence-electron chi connectivity index (χ3n) is 4.12. The summed E-state index contributed by atoms with van der Waals surface area (Å²) >= 11 is 0. The number of hydrogen-bond acceptors (Lipinski definition) is 3. The molecular weight excluding hydrogens is 332 g/mol. The number of aromatic nitrogens is 2. The Morgan fingerprint density at radius 1 is 0.769 bits per heavy atom. The number of H-pyrrole nitrogens is 2. The van der Waals surface area contributed by atoms with E-state index < -0.39 is 17.4 Å². The molecule has 0 fully saturated rings. The van der Waals surface area contributed by atoms with Gasteiger partial charge in [-0.2, -0.15) is 0 Å². The molecule has 0 aliphatic heterocycles. The minimum atomic E-state index is -0.569. The highest BCUT2D eigenvalue weighted by molar-refractivity contribution is 6.09. The molecule has 0 spiro atoms. The van der Waals surface area contributed by atoms with E-state index in [9.17, 15) is 14.4 Å². The van der Waals surface area contributed by atoms with E-state index in [1.54, 1.807) is 30.5 Å². The molecule has 2 amide bonds. The standard InChI is InChI=1S/C19H14N4O3/c24-17-9-13(11-5-2-4-8-16(11)21-17)18(25)22-23-19(26)14-10-20-15-7-3-1-6-12(14)15/h1-10,20H,(H,21,24)(H,22,25)(H,23,26). The van der Waals surface area contributed by atoms with Crippen LogP contribution >= 0.6 is 0 Å². The van der Waals surface area contributed by atoms with Crippen LogP contribution in [0.4, 0.5) is 0 Å². The number of benzene rings is 2. The van der Waals surface area contributed by atoms with Gasteiger partial charge in [0.2, 0.25) is 5.56 Å². The Bertz CT molecular complexity index is 1210. The molecule has 2 heterocycles. The number of carbonyl (C=O) groups excluding carboxylic acids is 2. The van der Waals surface area contributed by atoms with E-state index >= 15 is 0 Å². The summed E-state index contributed by atoms with van der Waals surface area (Å²) in [6.45, 7) is 0. The molecule has 0 aliphatic rings. The number of rotatable bonds is 2. The van der Waals surface area contributed by atoms with E-state index in [2.05, 4.69) is 20.8 Å². The molecule has 26 heavy (non-hydrogen) atoms. The molecule has 0 radical (unpaired) electrons. The monoisotopic (exact) mass is 346 g/mol. The molecule has 0 bridgehead atoms. The first-order valence-electron chi connectivity index (χ1n) is 7.92. The van der Waals surface area contributed by atoms with Gasteiger partial charge in [0, 0.05) is 34.1 Å². The van der Waals surface area contributed by atoms with Gasteiger partial charge >= 0.3 is 0 Å². The molecule has 4 rings (SSSR count). The average Bonchev–Trinajstić information content (AvgIpc) is 3.09. The number of carbonyl (C=O) groups is 2. The lowest BCUT2D eigenvalue weighted by atomic mass is 10.1. The molecule has 7 heteroatoms. The summed E-state index contributed by atoms with van der Waals surface area (Å²) in [5.41, 5.74) is 6.33. The van der Waals surface area contributed by atoms with E-state index in [1.165, 1.54) is 6.07 Å². The summed E-state index contributed by atoms with van der Waals surface area (Å²) in [6.07, 6.45) is 1.58. The second kappa shape index (κ2) is 6.21. The van der Waals surface area contributed by atoms with E-state index in [-0.39, 0.29) is 5.56 Å². The van der Waals surface area contributed by atoms with Gasteiger partial charge in [-0.15, -0.1) is 0 Å². The molecule has 0 aliphatic carbocycles. The van der Waals surface area contributed by atoms with Crippen molar-refractivity contribution in [2.24, 2.45) is 0 Å². The fraction of sp³-hybridized carbons (Fsp3) is 0. The predicted molar refractivity (Wildman–Crippen MR) is 97.8 cm³/mol. The Balaban J connectivity index is 1.58. The third-order valence-corrected chi connectivity index (χ3v) is 4.12. The quantitative estimate of drug-likeness (QED) is 0.417. The highest BCUT2D eigenvalue weighted by Gasteiger charge is 2.15. The number of pyridine rings is 1. The lowest BCUT2D eigenvalue weighted by Crippen LogP contribution is -2.42. The van der Waals surface area contributed by atoms with Crippen LogP contribution in [0.1, 0.15) is 20.7 Å². The van der Waals surface area contributed by atoms with Crippen LogP contribution in [0.2, 0.25) is 0 Å². The molecular formula is C19H14N4O3. The van der Waals surface area contributed by atoms with Gasteiger partial charge < -0.3 is 9.97 Å². The predicted octanol–water partition coefficient (Wildman–Crippen LogP) is 2.08. The minimum absolute atomic E-state index is 0.184. The number of aromatic amines is 2. The first-order valence-corrected chi connectivity index (χ1v) is 7.92. The van der Waals surface area contributed by atoms with Gasteiger partial charge in [0.1, 0.15) is 0 Å². The summed E-state index contributed by atoms with van der Waals surface area (Å²) in [7, 11) is 0. The van der Waals surface area contributed by atoms with Crippen molar-refractivity contribution in [2.75, 3.05) is 0 Å². The molecule has 128 valence electrons. The van der Waals surface area contributed by atoms with Crippen molar-refractivity contribution in [3.63, 3.8) is 0 Å². The number of amides is 2. The molecule has 4 aromatic rings.